The lowest BCUT2D eigenvalue weighted by Gasteiger charge is -1.99. The van der Waals surface area contributed by atoms with Gasteiger partial charge in [-0.1, -0.05) is 33.6 Å². The number of hydrogen-bond acceptors (Lipinski definition) is 3. The minimum atomic E-state index is -1.10. The molecule has 0 aliphatic heterocycles. The van der Waals surface area contributed by atoms with E-state index < -0.39 is 12.3 Å². The van der Waals surface area contributed by atoms with E-state index in [2.05, 4.69) is 6.92 Å². The maximum atomic E-state index is 9.70. The highest BCUT2D eigenvalue weighted by Gasteiger charge is 1.99. The van der Waals surface area contributed by atoms with Crippen LogP contribution in [0.1, 0.15) is 46.5 Å². The first-order valence-electron chi connectivity index (χ1n) is 5.00. The Morgan fingerprint density at radius 2 is 1.64 bits per heavy atom. The van der Waals surface area contributed by atoms with Crippen molar-refractivity contribution in [2.24, 2.45) is 5.92 Å². The van der Waals surface area contributed by atoms with E-state index >= 15 is 0 Å². The van der Waals surface area contributed by atoms with Gasteiger partial charge in [-0.05, 0) is 12.8 Å². The van der Waals surface area contributed by atoms with Gasteiger partial charge in [0.25, 0.3) is 0 Å². The fraction of sp³-hybridized carbons (Fsp3) is 0.900. The van der Waals surface area contributed by atoms with Gasteiger partial charge in [0.05, 0.1) is 5.92 Å². The van der Waals surface area contributed by atoms with E-state index in [-0.39, 0.29) is 5.92 Å². The molecule has 0 aliphatic carbocycles. The largest absolute Gasteiger partial charge is 0.481 e. The Hall–Kier alpha value is -0.610. The third kappa shape index (κ3) is 17.5. The van der Waals surface area contributed by atoms with Crippen LogP contribution >= 0.6 is 0 Å². The molecule has 0 aliphatic rings. The van der Waals surface area contributed by atoms with E-state index in [1.165, 1.54) is 0 Å². The van der Waals surface area contributed by atoms with Gasteiger partial charge in [0.2, 0.25) is 0 Å². The molecule has 0 fully saturated rings. The fourth-order valence-electron chi connectivity index (χ4n) is 0.577. The molecule has 14 heavy (non-hydrogen) atoms. The highest BCUT2D eigenvalue weighted by molar-refractivity contribution is 5.68. The fourth-order valence-corrected chi connectivity index (χ4v) is 0.577. The van der Waals surface area contributed by atoms with Crippen molar-refractivity contribution in [1.82, 2.24) is 0 Å². The van der Waals surface area contributed by atoms with Crippen LogP contribution in [0.5, 0.6) is 0 Å². The Labute approximate surface area is 85.6 Å². The van der Waals surface area contributed by atoms with E-state index in [1.807, 2.05) is 0 Å². The maximum absolute atomic E-state index is 9.70. The molecule has 0 bridgehead atoms. The number of carboxylic acid groups (broad SMARTS) is 1. The molecule has 3 N–H and O–H groups in total. The van der Waals surface area contributed by atoms with E-state index in [0.717, 1.165) is 19.3 Å². The summed E-state index contributed by atoms with van der Waals surface area (Å²) < 4.78 is 0. The molecule has 0 aromatic carbocycles. The van der Waals surface area contributed by atoms with Gasteiger partial charge in [-0.15, -0.1) is 0 Å². The summed E-state index contributed by atoms with van der Waals surface area (Å²) in [5.41, 5.74) is 0. The lowest BCUT2D eigenvalue weighted by Crippen LogP contribution is -2.03. The first-order valence-corrected chi connectivity index (χ1v) is 5.00. The van der Waals surface area contributed by atoms with Gasteiger partial charge in [-0.2, -0.15) is 0 Å². The van der Waals surface area contributed by atoms with E-state index in [4.69, 9.17) is 15.3 Å². The highest BCUT2D eigenvalue weighted by atomic mass is 16.5. The van der Waals surface area contributed by atoms with Crippen LogP contribution in [-0.2, 0) is 4.79 Å². The minimum absolute atomic E-state index is 0.231. The lowest BCUT2D eigenvalue weighted by molar-refractivity contribution is -0.140. The summed E-state index contributed by atoms with van der Waals surface area (Å²) >= 11 is 0. The number of aliphatic carboxylic acids is 1. The van der Waals surface area contributed by atoms with Crippen LogP contribution in [0.25, 0.3) is 0 Å². The summed E-state index contributed by atoms with van der Waals surface area (Å²) in [5.74, 6) is -0.972. The average Bonchev–Trinajstić information content (AvgIpc) is 2.05. The van der Waals surface area contributed by atoms with Crippen LogP contribution in [0, 0.1) is 5.92 Å². The number of rotatable bonds is 5. The number of aliphatic hydroxyl groups is 2. The van der Waals surface area contributed by atoms with Gasteiger partial charge >= 0.3 is 5.97 Å². The number of hydrogen-bond donors (Lipinski definition) is 3. The van der Waals surface area contributed by atoms with Crippen LogP contribution < -0.4 is 0 Å². The number of aliphatic hydroxyl groups excluding tert-OH is 1. The standard InChI is InChI=1S/C6H14O2.C4H8O2/c1-2-3-4-5-6(7)8;1-3(2)4(5)6/h6-8H,2-5H2,1H3;3H,1-2H3,(H,5,6). The Bertz CT molecular complexity index is 132. The van der Waals surface area contributed by atoms with Crippen molar-refractivity contribution >= 4 is 5.97 Å². The van der Waals surface area contributed by atoms with Crippen molar-refractivity contribution < 1.29 is 20.1 Å². The molecule has 0 saturated carbocycles. The van der Waals surface area contributed by atoms with E-state index in [0.29, 0.717) is 6.42 Å². The van der Waals surface area contributed by atoms with Crippen molar-refractivity contribution in [3.05, 3.63) is 0 Å². The minimum Gasteiger partial charge on any atom is -0.481 e. The van der Waals surface area contributed by atoms with Gasteiger partial charge in [0.15, 0.2) is 6.29 Å². The highest BCUT2D eigenvalue weighted by Crippen LogP contribution is 1.99. The SMILES string of the molecule is CC(C)C(=O)O.CCCCCC(O)O. The van der Waals surface area contributed by atoms with Crippen molar-refractivity contribution in [2.45, 2.75) is 52.7 Å². The summed E-state index contributed by atoms with van der Waals surface area (Å²) in [6.07, 6.45) is 2.58. The predicted octanol–water partition coefficient (Wildman–Crippen LogP) is 1.60. The number of carbonyl (C=O) groups is 1. The summed E-state index contributed by atoms with van der Waals surface area (Å²) in [6, 6.07) is 0. The zero-order chi connectivity index (χ0) is 11.6. The number of carboxylic acids is 1. The zero-order valence-electron chi connectivity index (χ0n) is 9.23. The maximum Gasteiger partial charge on any atom is 0.305 e. The van der Waals surface area contributed by atoms with Gasteiger partial charge in [-0.25, -0.2) is 0 Å². The summed E-state index contributed by atoms with van der Waals surface area (Å²) in [4.78, 5) is 9.70. The van der Waals surface area contributed by atoms with E-state index in [1.54, 1.807) is 13.8 Å². The van der Waals surface area contributed by atoms with Gasteiger partial charge < -0.3 is 15.3 Å². The monoisotopic (exact) mass is 206 g/mol. The van der Waals surface area contributed by atoms with Crippen molar-refractivity contribution in [3.8, 4) is 0 Å². The lowest BCUT2D eigenvalue weighted by atomic mass is 10.2. The molecule has 0 unspecified atom stereocenters. The van der Waals surface area contributed by atoms with E-state index in [9.17, 15) is 4.79 Å². The molecule has 0 rings (SSSR count). The van der Waals surface area contributed by atoms with Crippen LogP contribution in [0.3, 0.4) is 0 Å². The second-order valence-electron chi connectivity index (χ2n) is 3.47. The van der Waals surface area contributed by atoms with Gasteiger partial charge in [0.1, 0.15) is 0 Å². The van der Waals surface area contributed by atoms with Crippen molar-refractivity contribution in [1.29, 1.82) is 0 Å². The molecule has 0 amide bonds. The second-order valence-corrected chi connectivity index (χ2v) is 3.47. The topological polar surface area (TPSA) is 77.8 Å². The third-order valence-corrected chi connectivity index (χ3v) is 1.56. The van der Waals surface area contributed by atoms with Crippen LogP contribution in [0.4, 0.5) is 0 Å². The molecule has 0 aromatic heterocycles. The van der Waals surface area contributed by atoms with Crippen molar-refractivity contribution in [3.63, 3.8) is 0 Å². The molecule has 0 atom stereocenters. The molecule has 4 heteroatoms. The summed E-state index contributed by atoms with van der Waals surface area (Å²) in [6.45, 7) is 5.37. The molecule has 4 nitrogen and oxygen atoms in total. The first-order chi connectivity index (χ1) is 6.41. The molecule has 86 valence electrons. The van der Waals surface area contributed by atoms with Crippen molar-refractivity contribution in [2.75, 3.05) is 0 Å². The van der Waals surface area contributed by atoms with Crippen LogP contribution in [0.2, 0.25) is 0 Å². The molecule has 0 saturated heterocycles. The second kappa shape index (κ2) is 10.5. The normalized spacial score (nSPS) is 9.93. The van der Waals surface area contributed by atoms with Gasteiger partial charge in [0, 0.05) is 0 Å². The smallest absolute Gasteiger partial charge is 0.305 e. The first kappa shape index (κ1) is 15.8. The molecular weight excluding hydrogens is 184 g/mol. The molecule has 0 radical (unpaired) electrons. The molecule has 0 spiro atoms. The average molecular weight is 206 g/mol. The summed E-state index contributed by atoms with van der Waals surface area (Å²) in [5, 5.41) is 24.7. The quantitative estimate of drug-likeness (QED) is 0.471. The number of unbranched alkanes of at least 4 members (excludes halogenated alkanes) is 2. The van der Waals surface area contributed by atoms with Crippen LogP contribution in [0.15, 0.2) is 0 Å². The Morgan fingerprint density at radius 1 is 1.21 bits per heavy atom. The Balaban J connectivity index is 0. The molecule has 0 heterocycles. The Morgan fingerprint density at radius 3 is 1.86 bits per heavy atom. The summed E-state index contributed by atoms with van der Waals surface area (Å²) in [7, 11) is 0. The zero-order valence-corrected chi connectivity index (χ0v) is 9.23. The van der Waals surface area contributed by atoms with Gasteiger partial charge in [-0.3, -0.25) is 4.79 Å². The molecule has 0 aromatic rings. The van der Waals surface area contributed by atoms with Crippen LogP contribution in [-0.4, -0.2) is 27.6 Å². The molecular formula is C10H22O4. The predicted molar refractivity (Wildman–Crippen MR) is 54.8 cm³/mol. The third-order valence-electron chi connectivity index (χ3n) is 1.56. The Kier molecular flexibility index (Phi) is 11.9.